The minimum absolute atomic E-state index is 0.462. The van der Waals surface area contributed by atoms with Gasteiger partial charge in [-0.25, -0.2) is 0 Å². The van der Waals surface area contributed by atoms with Gasteiger partial charge in [0, 0.05) is 24.5 Å². The summed E-state index contributed by atoms with van der Waals surface area (Å²) in [7, 11) is 0. The zero-order chi connectivity index (χ0) is 18.2. The zero-order valence-corrected chi connectivity index (χ0v) is 15.1. The Morgan fingerprint density at radius 1 is 1.08 bits per heavy atom. The molecule has 0 radical (unpaired) electrons. The highest BCUT2D eigenvalue weighted by atomic mass is 15.2. The molecule has 0 aliphatic carbocycles. The van der Waals surface area contributed by atoms with Crippen LogP contribution >= 0.6 is 0 Å². The lowest BCUT2D eigenvalue weighted by Crippen LogP contribution is -2.26. The number of nitrogens with two attached hydrogens (primary N) is 1. The number of nitrogens with one attached hydrogen (secondary N) is 3. The highest BCUT2D eigenvalue weighted by Crippen LogP contribution is 2.16. The largest absolute Gasteiger partial charge is 0.370 e. The van der Waals surface area contributed by atoms with E-state index < -0.39 is 0 Å². The Kier molecular flexibility index (Phi) is 6.09. The summed E-state index contributed by atoms with van der Waals surface area (Å²) < 4.78 is 0. The lowest BCUT2D eigenvalue weighted by atomic mass is 10.0. The van der Waals surface area contributed by atoms with Gasteiger partial charge in [-0.3, -0.25) is 9.98 Å². The first-order valence-corrected chi connectivity index (χ1v) is 9.03. The third-order valence-electron chi connectivity index (χ3n) is 4.03. The molecule has 0 saturated carbocycles. The Morgan fingerprint density at radius 2 is 1.73 bits per heavy atom. The van der Waals surface area contributed by atoms with Crippen molar-refractivity contribution in [2.24, 2.45) is 15.7 Å². The van der Waals surface area contributed by atoms with Gasteiger partial charge >= 0.3 is 0 Å². The van der Waals surface area contributed by atoms with Crippen molar-refractivity contribution in [1.82, 2.24) is 5.32 Å². The average Bonchev–Trinajstić information content (AvgIpc) is 3.16. The summed E-state index contributed by atoms with van der Waals surface area (Å²) in [6, 6.07) is 16.7. The van der Waals surface area contributed by atoms with Crippen LogP contribution in [-0.4, -0.2) is 31.6 Å². The number of hydrogen-bond donors (Lipinski definition) is 4. The van der Waals surface area contributed by atoms with Crippen LogP contribution in [0.2, 0.25) is 0 Å². The number of anilines is 2. The second kappa shape index (κ2) is 8.89. The zero-order valence-electron chi connectivity index (χ0n) is 15.1. The molecule has 2 aromatic rings. The van der Waals surface area contributed by atoms with Crippen molar-refractivity contribution < 1.29 is 0 Å². The van der Waals surface area contributed by atoms with Crippen LogP contribution in [0.5, 0.6) is 0 Å². The molecule has 0 unspecified atom stereocenters. The second-order valence-electron chi connectivity index (χ2n) is 6.24. The van der Waals surface area contributed by atoms with Gasteiger partial charge in [0.25, 0.3) is 0 Å². The molecule has 1 heterocycles. The molecular formula is C20H26N6. The van der Waals surface area contributed by atoms with Crippen molar-refractivity contribution in [3.05, 3.63) is 59.7 Å². The molecule has 0 aromatic heterocycles. The normalized spacial score (nSPS) is 13.9. The van der Waals surface area contributed by atoms with E-state index in [9.17, 15) is 0 Å². The van der Waals surface area contributed by atoms with Gasteiger partial charge in [0.15, 0.2) is 11.9 Å². The number of nitrogens with zero attached hydrogens (tertiary/aromatic N) is 2. The molecule has 2 aromatic carbocycles. The minimum Gasteiger partial charge on any atom is -0.370 e. The predicted molar refractivity (Wildman–Crippen MR) is 110 cm³/mol. The Balaban J connectivity index is 1.55. The van der Waals surface area contributed by atoms with Crippen molar-refractivity contribution in [1.29, 1.82) is 0 Å². The van der Waals surface area contributed by atoms with Crippen molar-refractivity contribution in [3.63, 3.8) is 0 Å². The molecular weight excluding hydrogens is 324 g/mol. The van der Waals surface area contributed by atoms with Crippen molar-refractivity contribution in [2.75, 3.05) is 30.3 Å². The summed E-state index contributed by atoms with van der Waals surface area (Å²) in [6.07, 6.45) is 1.87. The van der Waals surface area contributed by atoms with Gasteiger partial charge in [-0.2, -0.15) is 0 Å². The molecule has 0 atom stereocenters. The summed E-state index contributed by atoms with van der Waals surface area (Å²) in [5.41, 5.74) is 10.4. The molecule has 1 aliphatic rings. The van der Waals surface area contributed by atoms with Gasteiger partial charge in [0.2, 0.25) is 0 Å². The van der Waals surface area contributed by atoms with E-state index in [-0.39, 0.29) is 0 Å². The topological polar surface area (TPSA) is 86.8 Å². The molecule has 0 spiro atoms. The number of hydrogen-bond acceptors (Lipinski definition) is 4. The molecule has 0 saturated heterocycles. The maximum atomic E-state index is 5.85. The minimum atomic E-state index is 0.462. The molecule has 6 heteroatoms. The first kappa shape index (κ1) is 17.8. The fourth-order valence-corrected chi connectivity index (χ4v) is 2.69. The van der Waals surface area contributed by atoms with E-state index in [0.29, 0.717) is 5.96 Å². The predicted octanol–water partition coefficient (Wildman–Crippen LogP) is 2.79. The van der Waals surface area contributed by atoms with Crippen LogP contribution in [0.25, 0.3) is 0 Å². The molecule has 5 N–H and O–H groups in total. The number of aliphatic imine (C=N–C) groups is 2. The Labute approximate surface area is 154 Å². The van der Waals surface area contributed by atoms with Crippen molar-refractivity contribution >= 4 is 23.3 Å². The van der Waals surface area contributed by atoms with Gasteiger partial charge < -0.3 is 21.7 Å². The van der Waals surface area contributed by atoms with E-state index in [1.807, 2.05) is 12.1 Å². The standard InChI is InChI=1S/C20H26N6/c1-2-11-22-19(21)25-17-7-3-15(4-8-17)14-16-5-9-18(10-6-16)26-20-23-12-13-24-20/h3-10H,2,11-14H2,1H3,(H3,21,22,25)(H2,23,24,26). The first-order chi connectivity index (χ1) is 12.7. The lowest BCUT2D eigenvalue weighted by molar-refractivity contribution is 0.929. The Morgan fingerprint density at radius 3 is 2.31 bits per heavy atom. The van der Waals surface area contributed by atoms with Crippen LogP contribution in [-0.2, 0) is 6.42 Å². The van der Waals surface area contributed by atoms with Crippen LogP contribution in [0, 0.1) is 0 Å². The summed E-state index contributed by atoms with van der Waals surface area (Å²) in [5, 5.41) is 9.60. The lowest BCUT2D eigenvalue weighted by Gasteiger charge is -2.09. The molecule has 3 rings (SSSR count). The molecule has 0 bridgehead atoms. The molecule has 0 fully saturated rings. The van der Waals surface area contributed by atoms with E-state index >= 15 is 0 Å². The smallest absolute Gasteiger partial charge is 0.195 e. The third kappa shape index (κ3) is 5.24. The van der Waals surface area contributed by atoms with Crippen LogP contribution in [0.1, 0.15) is 24.5 Å². The number of rotatable bonds is 6. The fourth-order valence-electron chi connectivity index (χ4n) is 2.69. The van der Waals surface area contributed by atoms with E-state index in [0.717, 1.165) is 49.8 Å². The first-order valence-electron chi connectivity index (χ1n) is 9.03. The maximum absolute atomic E-state index is 5.85. The molecule has 6 nitrogen and oxygen atoms in total. The van der Waals surface area contributed by atoms with Gasteiger partial charge in [0.1, 0.15) is 0 Å². The van der Waals surface area contributed by atoms with Crippen molar-refractivity contribution in [2.45, 2.75) is 19.8 Å². The molecule has 26 heavy (non-hydrogen) atoms. The Hall–Kier alpha value is -3.02. The van der Waals surface area contributed by atoms with Crippen molar-refractivity contribution in [3.8, 4) is 0 Å². The van der Waals surface area contributed by atoms with E-state index in [4.69, 9.17) is 5.73 Å². The summed E-state index contributed by atoms with van der Waals surface area (Å²) in [5.74, 6) is 1.31. The van der Waals surface area contributed by atoms with Gasteiger partial charge in [-0.05, 0) is 48.2 Å². The fraction of sp³-hybridized carbons (Fsp3) is 0.300. The molecule has 1 aliphatic heterocycles. The van der Waals surface area contributed by atoms with E-state index in [2.05, 4.69) is 69.3 Å². The quantitative estimate of drug-likeness (QED) is 0.477. The SMILES string of the molecule is CCCN=C(N)Nc1ccc(Cc2ccc(NC3=NCCN3)cc2)cc1. The van der Waals surface area contributed by atoms with Crippen LogP contribution in [0.4, 0.5) is 11.4 Å². The highest BCUT2D eigenvalue weighted by molar-refractivity contribution is 5.94. The van der Waals surface area contributed by atoms with Crippen LogP contribution < -0.4 is 21.7 Å². The summed E-state index contributed by atoms with van der Waals surface area (Å²) >= 11 is 0. The summed E-state index contributed by atoms with van der Waals surface area (Å²) in [6.45, 7) is 4.56. The van der Waals surface area contributed by atoms with Crippen LogP contribution in [0.3, 0.4) is 0 Å². The second-order valence-corrected chi connectivity index (χ2v) is 6.24. The Bertz CT molecular complexity index is 762. The number of guanidine groups is 2. The van der Waals surface area contributed by atoms with Gasteiger partial charge in [-0.15, -0.1) is 0 Å². The average molecular weight is 350 g/mol. The number of benzene rings is 2. The maximum Gasteiger partial charge on any atom is 0.195 e. The van der Waals surface area contributed by atoms with E-state index in [1.54, 1.807) is 0 Å². The molecule has 136 valence electrons. The van der Waals surface area contributed by atoms with Gasteiger partial charge in [0.05, 0.1) is 6.54 Å². The monoisotopic (exact) mass is 350 g/mol. The highest BCUT2D eigenvalue weighted by Gasteiger charge is 2.05. The van der Waals surface area contributed by atoms with Crippen LogP contribution in [0.15, 0.2) is 58.5 Å². The third-order valence-corrected chi connectivity index (χ3v) is 4.03. The van der Waals surface area contributed by atoms with E-state index in [1.165, 1.54) is 11.1 Å². The molecule has 0 amide bonds. The summed E-state index contributed by atoms with van der Waals surface area (Å²) in [4.78, 5) is 8.57. The van der Waals surface area contributed by atoms with Gasteiger partial charge in [-0.1, -0.05) is 31.2 Å².